The molecule has 0 aliphatic heterocycles. The van der Waals surface area contributed by atoms with Crippen molar-refractivity contribution in [3.63, 3.8) is 0 Å². The van der Waals surface area contributed by atoms with Gasteiger partial charge in [-0.3, -0.25) is 4.98 Å². The van der Waals surface area contributed by atoms with E-state index in [2.05, 4.69) is 18.8 Å². The van der Waals surface area contributed by atoms with Gasteiger partial charge in [0.05, 0.1) is 26.1 Å². The second kappa shape index (κ2) is 8.14. The molecule has 3 nitrogen and oxygen atoms in total. The van der Waals surface area contributed by atoms with Crippen LogP contribution in [0.15, 0.2) is 42.6 Å². The number of methoxy groups -OCH3 is 2. The van der Waals surface area contributed by atoms with Gasteiger partial charge < -0.3 is 9.47 Å². The number of nitrogens with zero attached hydrogens (tertiary/aromatic N) is 1. The monoisotopic (exact) mass is 259 g/mol. The average molecular weight is 259 g/mol. The number of benzene rings is 1. The minimum absolute atomic E-state index is 0.761. The molecule has 0 radical (unpaired) electrons. The van der Waals surface area contributed by atoms with E-state index in [0.717, 1.165) is 22.8 Å². The molecular weight excluding hydrogens is 238 g/mol. The van der Waals surface area contributed by atoms with Crippen molar-refractivity contribution >= 4 is 0 Å². The topological polar surface area (TPSA) is 31.4 Å². The fourth-order valence-corrected chi connectivity index (χ4v) is 1.43. The van der Waals surface area contributed by atoms with Crippen LogP contribution in [-0.4, -0.2) is 19.2 Å². The highest BCUT2D eigenvalue weighted by atomic mass is 16.5. The highest BCUT2D eigenvalue weighted by molar-refractivity contribution is 5.60. The molecule has 0 N–H and O–H groups in total. The lowest BCUT2D eigenvalue weighted by molar-refractivity contribution is 0.413. The number of hydrogen-bond acceptors (Lipinski definition) is 3. The predicted octanol–water partition coefficient (Wildman–Crippen LogP) is 4.18. The van der Waals surface area contributed by atoms with Crippen LogP contribution >= 0.6 is 0 Å². The summed E-state index contributed by atoms with van der Waals surface area (Å²) in [6.45, 7) is 4.25. The molecule has 1 aromatic heterocycles. The second-order valence-electron chi connectivity index (χ2n) is 4.02. The van der Waals surface area contributed by atoms with Crippen molar-refractivity contribution in [1.29, 1.82) is 0 Å². The van der Waals surface area contributed by atoms with Crippen LogP contribution in [0.1, 0.15) is 20.3 Å². The summed E-state index contributed by atoms with van der Waals surface area (Å²) in [5.74, 6) is 1.61. The average Bonchev–Trinajstić information content (AvgIpc) is 2.48. The molecule has 0 unspecified atom stereocenters. The Morgan fingerprint density at radius 3 is 1.79 bits per heavy atom. The van der Waals surface area contributed by atoms with Crippen LogP contribution < -0.4 is 9.47 Å². The van der Waals surface area contributed by atoms with Gasteiger partial charge in [-0.05, 0) is 36.4 Å². The molecule has 0 amide bonds. The maximum absolute atomic E-state index is 5.10. The van der Waals surface area contributed by atoms with Crippen molar-refractivity contribution in [2.45, 2.75) is 20.3 Å². The van der Waals surface area contributed by atoms with Crippen molar-refractivity contribution < 1.29 is 9.47 Å². The van der Waals surface area contributed by atoms with Gasteiger partial charge in [-0.2, -0.15) is 0 Å². The minimum atomic E-state index is 0.761. The van der Waals surface area contributed by atoms with Gasteiger partial charge in [-0.1, -0.05) is 20.3 Å². The molecule has 0 bridgehead atoms. The zero-order chi connectivity index (χ0) is 14.1. The Morgan fingerprint density at radius 1 is 0.842 bits per heavy atom. The van der Waals surface area contributed by atoms with E-state index in [1.165, 1.54) is 6.42 Å². The van der Waals surface area contributed by atoms with E-state index >= 15 is 0 Å². The third-order valence-electron chi connectivity index (χ3n) is 2.36. The first-order valence-corrected chi connectivity index (χ1v) is 6.39. The lowest BCUT2D eigenvalue weighted by atomic mass is 10.1. The smallest absolute Gasteiger partial charge is 0.137 e. The Hall–Kier alpha value is -2.03. The lowest BCUT2D eigenvalue weighted by Crippen LogP contribution is -1.87. The van der Waals surface area contributed by atoms with Crippen molar-refractivity contribution in [3.05, 3.63) is 42.6 Å². The van der Waals surface area contributed by atoms with Crippen LogP contribution in [0.5, 0.6) is 11.5 Å². The van der Waals surface area contributed by atoms with Crippen LogP contribution in [0.2, 0.25) is 0 Å². The molecule has 0 atom stereocenters. The van der Waals surface area contributed by atoms with Crippen molar-refractivity contribution in [1.82, 2.24) is 4.98 Å². The highest BCUT2D eigenvalue weighted by Gasteiger charge is 2.00. The Balaban J connectivity index is 0.000000550. The molecule has 0 saturated heterocycles. The van der Waals surface area contributed by atoms with E-state index < -0.39 is 0 Å². The predicted molar refractivity (Wildman–Crippen MR) is 78.7 cm³/mol. The Bertz CT molecular complexity index is 418. The molecule has 0 fully saturated rings. The Labute approximate surface area is 115 Å². The van der Waals surface area contributed by atoms with Gasteiger partial charge in [0.2, 0.25) is 0 Å². The van der Waals surface area contributed by atoms with Gasteiger partial charge >= 0.3 is 0 Å². The first-order chi connectivity index (χ1) is 9.24. The third-order valence-corrected chi connectivity index (χ3v) is 2.36. The number of ether oxygens (including phenoxy) is 2. The van der Waals surface area contributed by atoms with Gasteiger partial charge in [0, 0.05) is 5.56 Å². The van der Waals surface area contributed by atoms with Gasteiger partial charge in [-0.25, -0.2) is 0 Å². The zero-order valence-electron chi connectivity index (χ0n) is 12.0. The molecule has 1 heterocycles. The normalized spacial score (nSPS) is 9.26. The lowest BCUT2D eigenvalue weighted by Gasteiger charge is -2.04. The summed E-state index contributed by atoms with van der Waals surface area (Å²) in [4.78, 5) is 4.31. The van der Waals surface area contributed by atoms with Crippen LogP contribution in [-0.2, 0) is 0 Å². The van der Waals surface area contributed by atoms with Crippen molar-refractivity contribution in [3.8, 4) is 22.8 Å². The van der Waals surface area contributed by atoms with E-state index in [-0.39, 0.29) is 0 Å². The first kappa shape index (κ1) is 15.0. The van der Waals surface area contributed by atoms with Crippen molar-refractivity contribution in [2.24, 2.45) is 0 Å². The van der Waals surface area contributed by atoms with Crippen molar-refractivity contribution in [2.75, 3.05) is 14.2 Å². The first-order valence-electron chi connectivity index (χ1n) is 6.39. The highest BCUT2D eigenvalue weighted by Crippen LogP contribution is 2.21. The molecule has 0 aliphatic carbocycles. The largest absolute Gasteiger partial charge is 0.497 e. The van der Waals surface area contributed by atoms with E-state index in [1.807, 2.05) is 36.4 Å². The molecular formula is C16H21NO2. The molecule has 19 heavy (non-hydrogen) atoms. The molecule has 0 aliphatic rings. The van der Waals surface area contributed by atoms with E-state index in [4.69, 9.17) is 9.47 Å². The second-order valence-corrected chi connectivity index (χ2v) is 4.02. The van der Waals surface area contributed by atoms with Gasteiger partial charge in [0.1, 0.15) is 11.5 Å². The van der Waals surface area contributed by atoms with E-state index in [9.17, 15) is 0 Å². The summed E-state index contributed by atoms with van der Waals surface area (Å²) in [5.41, 5.74) is 1.98. The molecule has 1 aromatic carbocycles. The van der Waals surface area contributed by atoms with Gasteiger partial charge in [0.15, 0.2) is 0 Å². The van der Waals surface area contributed by atoms with Crippen LogP contribution in [0.3, 0.4) is 0 Å². The Morgan fingerprint density at radius 2 is 1.37 bits per heavy atom. The van der Waals surface area contributed by atoms with Crippen LogP contribution in [0, 0.1) is 0 Å². The third kappa shape index (κ3) is 4.62. The summed E-state index contributed by atoms with van der Waals surface area (Å²) < 4.78 is 10.2. The minimum Gasteiger partial charge on any atom is -0.497 e. The number of hydrogen-bond donors (Lipinski definition) is 0. The summed E-state index contributed by atoms with van der Waals surface area (Å²) in [6.07, 6.45) is 2.96. The maximum Gasteiger partial charge on any atom is 0.137 e. The summed E-state index contributed by atoms with van der Waals surface area (Å²) in [7, 11) is 3.28. The van der Waals surface area contributed by atoms with Gasteiger partial charge in [0.25, 0.3) is 0 Å². The van der Waals surface area contributed by atoms with Gasteiger partial charge in [-0.15, -0.1) is 0 Å². The number of rotatable bonds is 3. The van der Waals surface area contributed by atoms with Crippen LogP contribution in [0.4, 0.5) is 0 Å². The Kier molecular flexibility index (Phi) is 6.44. The summed E-state index contributed by atoms with van der Waals surface area (Å²) in [6, 6.07) is 11.6. The fourth-order valence-electron chi connectivity index (χ4n) is 1.43. The molecule has 3 heteroatoms. The fraction of sp³-hybridized carbons (Fsp3) is 0.312. The molecule has 102 valence electrons. The maximum atomic E-state index is 5.10. The molecule has 0 saturated carbocycles. The summed E-state index contributed by atoms with van der Waals surface area (Å²) in [5, 5.41) is 0. The zero-order valence-corrected chi connectivity index (χ0v) is 12.0. The van der Waals surface area contributed by atoms with E-state index in [1.54, 1.807) is 20.4 Å². The molecule has 2 aromatic rings. The van der Waals surface area contributed by atoms with E-state index in [0.29, 0.717) is 0 Å². The van der Waals surface area contributed by atoms with Crippen LogP contribution in [0.25, 0.3) is 11.3 Å². The molecule has 2 rings (SSSR count). The quantitative estimate of drug-likeness (QED) is 0.828. The number of pyridine rings is 1. The standard InChI is InChI=1S/C13H13NO2.C3H8/c1-15-11-5-3-10(4-6-11)13-8-7-12(16-2)9-14-13;1-3-2/h3-9H,1-2H3;3H2,1-2H3. The molecule has 0 spiro atoms. The SMILES string of the molecule is CCC.COc1ccc(-c2ccc(OC)cn2)cc1. The number of aromatic nitrogens is 1. The summed E-state index contributed by atoms with van der Waals surface area (Å²) >= 11 is 0.